The van der Waals surface area contributed by atoms with Gasteiger partial charge in [-0.25, -0.2) is 4.79 Å². The van der Waals surface area contributed by atoms with Crippen LogP contribution in [0, 0.1) is 6.92 Å². The minimum Gasteiger partial charge on any atom is -0.462 e. The standard InChI is InChI=1S/C15H20N2O4/c1-10-5-6-13(9-14(10)17-12(3)19)15(20)21-8-4-7-16-11(2)18/h5-6,9H,4,7-8H2,1-3H3,(H,16,18)(H,17,19). The van der Waals surface area contributed by atoms with E-state index in [0.29, 0.717) is 24.2 Å². The molecule has 0 spiro atoms. The van der Waals surface area contributed by atoms with Crippen molar-refractivity contribution in [2.45, 2.75) is 27.2 Å². The quantitative estimate of drug-likeness (QED) is 0.616. The average molecular weight is 292 g/mol. The fourth-order valence-corrected chi connectivity index (χ4v) is 1.66. The van der Waals surface area contributed by atoms with Crippen LogP contribution in [0.15, 0.2) is 18.2 Å². The Morgan fingerprint density at radius 3 is 2.48 bits per heavy atom. The summed E-state index contributed by atoms with van der Waals surface area (Å²) in [5.74, 6) is -0.761. The summed E-state index contributed by atoms with van der Waals surface area (Å²) in [6, 6.07) is 4.99. The molecule has 0 aliphatic heterocycles. The fraction of sp³-hybridized carbons (Fsp3) is 0.400. The number of hydrogen-bond acceptors (Lipinski definition) is 4. The van der Waals surface area contributed by atoms with Crippen LogP contribution < -0.4 is 10.6 Å². The predicted molar refractivity (Wildman–Crippen MR) is 79.1 cm³/mol. The number of hydrogen-bond donors (Lipinski definition) is 2. The summed E-state index contributed by atoms with van der Waals surface area (Å²) in [5, 5.41) is 5.28. The highest BCUT2D eigenvalue weighted by molar-refractivity contribution is 5.94. The Labute approximate surface area is 123 Å². The molecule has 0 radical (unpaired) electrons. The molecule has 1 rings (SSSR count). The second kappa shape index (κ2) is 8.04. The van der Waals surface area contributed by atoms with Crippen LogP contribution >= 0.6 is 0 Å². The minimum absolute atomic E-state index is 0.111. The maximum atomic E-state index is 11.9. The number of esters is 1. The summed E-state index contributed by atoms with van der Waals surface area (Å²) < 4.78 is 5.11. The zero-order valence-corrected chi connectivity index (χ0v) is 12.5. The lowest BCUT2D eigenvalue weighted by Crippen LogP contribution is -2.22. The van der Waals surface area contributed by atoms with Crippen molar-refractivity contribution in [3.05, 3.63) is 29.3 Å². The van der Waals surface area contributed by atoms with Gasteiger partial charge in [0.1, 0.15) is 0 Å². The van der Waals surface area contributed by atoms with Crippen molar-refractivity contribution in [1.29, 1.82) is 0 Å². The van der Waals surface area contributed by atoms with E-state index < -0.39 is 5.97 Å². The number of anilines is 1. The lowest BCUT2D eigenvalue weighted by atomic mass is 10.1. The number of carbonyl (C=O) groups is 3. The molecule has 0 saturated heterocycles. The summed E-state index contributed by atoms with van der Waals surface area (Å²) in [5.41, 5.74) is 1.84. The van der Waals surface area contributed by atoms with Gasteiger partial charge in [-0.05, 0) is 31.0 Å². The Hall–Kier alpha value is -2.37. The van der Waals surface area contributed by atoms with Crippen LogP contribution in [0.2, 0.25) is 0 Å². The molecule has 6 heteroatoms. The molecular weight excluding hydrogens is 272 g/mol. The topological polar surface area (TPSA) is 84.5 Å². The number of ether oxygens (including phenoxy) is 1. The smallest absolute Gasteiger partial charge is 0.338 e. The van der Waals surface area contributed by atoms with Gasteiger partial charge in [-0.2, -0.15) is 0 Å². The Morgan fingerprint density at radius 2 is 1.86 bits per heavy atom. The molecule has 21 heavy (non-hydrogen) atoms. The second-order valence-corrected chi connectivity index (χ2v) is 4.68. The summed E-state index contributed by atoms with van der Waals surface area (Å²) >= 11 is 0. The van der Waals surface area contributed by atoms with Crippen molar-refractivity contribution >= 4 is 23.5 Å². The highest BCUT2D eigenvalue weighted by Gasteiger charge is 2.10. The van der Waals surface area contributed by atoms with Gasteiger partial charge in [0.15, 0.2) is 0 Å². The van der Waals surface area contributed by atoms with E-state index in [1.54, 1.807) is 18.2 Å². The van der Waals surface area contributed by atoms with E-state index in [9.17, 15) is 14.4 Å². The van der Waals surface area contributed by atoms with Gasteiger partial charge in [0, 0.05) is 26.1 Å². The Kier molecular flexibility index (Phi) is 6.39. The molecule has 0 unspecified atom stereocenters. The SMILES string of the molecule is CC(=O)NCCCOC(=O)c1ccc(C)c(NC(C)=O)c1. The molecule has 1 aromatic carbocycles. The first-order chi connectivity index (χ1) is 9.90. The second-order valence-electron chi connectivity index (χ2n) is 4.68. The molecule has 2 N–H and O–H groups in total. The van der Waals surface area contributed by atoms with Crippen molar-refractivity contribution in [2.75, 3.05) is 18.5 Å². The highest BCUT2D eigenvalue weighted by Crippen LogP contribution is 2.17. The van der Waals surface area contributed by atoms with Crippen molar-refractivity contribution in [3.8, 4) is 0 Å². The molecule has 0 fully saturated rings. The Balaban J connectivity index is 2.54. The van der Waals surface area contributed by atoms with Gasteiger partial charge < -0.3 is 15.4 Å². The molecule has 0 aliphatic rings. The third-order valence-electron chi connectivity index (χ3n) is 2.71. The third kappa shape index (κ3) is 6.07. The maximum Gasteiger partial charge on any atom is 0.338 e. The van der Waals surface area contributed by atoms with Crippen molar-refractivity contribution < 1.29 is 19.1 Å². The van der Waals surface area contributed by atoms with Gasteiger partial charge in [-0.15, -0.1) is 0 Å². The van der Waals surface area contributed by atoms with Crippen molar-refractivity contribution in [2.24, 2.45) is 0 Å². The molecule has 0 saturated carbocycles. The number of rotatable bonds is 6. The first-order valence-electron chi connectivity index (χ1n) is 6.70. The van der Waals surface area contributed by atoms with E-state index in [-0.39, 0.29) is 18.4 Å². The Bertz CT molecular complexity index is 540. The Morgan fingerprint density at radius 1 is 1.14 bits per heavy atom. The molecule has 1 aromatic rings. The zero-order valence-electron chi connectivity index (χ0n) is 12.5. The normalized spacial score (nSPS) is 9.86. The average Bonchev–Trinajstić information content (AvgIpc) is 2.39. The van der Waals surface area contributed by atoms with E-state index >= 15 is 0 Å². The molecule has 0 bridgehead atoms. The van der Waals surface area contributed by atoms with E-state index in [1.165, 1.54) is 13.8 Å². The van der Waals surface area contributed by atoms with Crippen LogP contribution in [0.3, 0.4) is 0 Å². The van der Waals surface area contributed by atoms with Crippen LogP contribution in [0.5, 0.6) is 0 Å². The number of benzene rings is 1. The number of aryl methyl sites for hydroxylation is 1. The van der Waals surface area contributed by atoms with Gasteiger partial charge >= 0.3 is 5.97 Å². The highest BCUT2D eigenvalue weighted by atomic mass is 16.5. The summed E-state index contributed by atoms with van der Waals surface area (Å²) in [4.78, 5) is 33.6. The molecule has 0 atom stereocenters. The van der Waals surface area contributed by atoms with Gasteiger partial charge in [-0.3, -0.25) is 9.59 Å². The maximum absolute atomic E-state index is 11.9. The van der Waals surface area contributed by atoms with Gasteiger partial charge in [0.25, 0.3) is 0 Å². The number of carbonyl (C=O) groups excluding carboxylic acids is 3. The lowest BCUT2D eigenvalue weighted by molar-refractivity contribution is -0.119. The molecule has 0 aliphatic carbocycles. The van der Waals surface area contributed by atoms with Crippen LogP contribution in [0.25, 0.3) is 0 Å². The van der Waals surface area contributed by atoms with E-state index in [4.69, 9.17) is 4.74 Å². The van der Waals surface area contributed by atoms with Crippen LogP contribution in [-0.4, -0.2) is 30.9 Å². The molecule has 0 heterocycles. The first-order valence-corrected chi connectivity index (χ1v) is 6.70. The fourth-order valence-electron chi connectivity index (χ4n) is 1.66. The summed E-state index contributed by atoms with van der Waals surface area (Å²) in [6.45, 7) is 5.37. The molecule has 0 aromatic heterocycles. The first kappa shape index (κ1) is 16.7. The molecule has 114 valence electrons. The molecular formula is C15H20N2O4. The summed E-state index contributed by atoms with van der Waals surface area (Å²) in [6.07, 6.45) is 0.551. The van der Waals surface area contributed by atoms with E-state index in [0.717, 1.165) is 5.56 Å². The van der Waals surface area contributed by atoms with Crippen LogP contribution in [-0.2, 0) is 14.3 Å². The van der Waals surface area contributed by atoms with Gasteiger partial charge in [0.05, 0.1) is 12.2 Å². The third-order valence-corrected chi connectivity index (χ3v) is 2.71. The zero-order chi connectivity index (χ0) is 15.8. The molecule has 2 amide bonds. The van der Waals surface area contributed by atoms with Crippen LogP contribution in [0.4, 0.5) is 5.69 Å². The molecule has 6 nitrogen and oxygen atoms in total. The predicted octanol–water partition coefficient (Wildman–Crippen LogP) is 1.64. The van der Waals surface area contributed by atoms with E-state index in [2.05, 4.69) is 10.6 Å². The monoisotopic (exact) mass is 292 g/mol. The van der Waals surface area contributed by atoms with Gasteiger partial charge in [-0.1, -0.05) is 6.07 Å². The van der Waals surface area contributed by atoms with Gasteiger partial charge in [0.2, 0.25) is 11.8 Å². The van der Waals surface area contributed by atoms with Crippen LogP contribution in [0.1, 0.15) is 36.2 Å². The minimum atomic E-state index is -0.454. The van der Waals surface area contributed by atoms with Crippen molar-refractivity contribution in [3.63, 3.8) is 0 Å². The lowest BCUT2D eigenvalue weighted by Gasteiger charge is -2.09. The number of nitrogens with one attached hydrogen (secondary N) is 2. The number of amides is 2. The summed E-state index contributed by atoms with van der Waals surface area (Å²) in [7, 11) is 0. The van der Waals surface area contributed by atoms with E-state index in [1.807, 2.05) is 6.92 Å². The van der Waals surface area contributed by atoms with Crippen molar-refractivity contribution in [1.82, 2.24) is 5.32 Å². The largest absolute Gasteiger partial charge is 0.462 e.